The van der Waals surface area contributed by atoms with Gasteiger partial charge in [-0.25, -0.2) is 8.42 Å². The minimum atomic E-state index is -3.70. The van der Waals surface area contributed by atoms with Crippen LogP contribution < -0.4 is 0 Å². The van der Waals surface area contributed by atoms with E-state index in [1.165, 1.54) is 15.6 Å². The summed E-state index contributed by atoms with van der Waals surface area (Å²) in [4.78, 5) is 14.5. The Morgan fingerprint density at radius 2 is 2.00 bits per heavy atom. The van der Waals surface area contributed by atoms with E-state index >= 15 is 0 Å². The Labute approximate surface area is 168 Å². The van der Waals surface area contributed by atoms with Gasteiger partial charge in [0.05, 0.1) is 17.8 Å². The van der Waals surface area contributed by atoms with E-state index in [0.29, 0.717) is 56.1 Å². The van der Waals surface area contributed by atoms with Gasteiger partial charge in [-0.05, 0) is 38.1 Å². The minimum absolute atomic E-state index is 0.0205. The third kappa shape index (κ3) is 3.38. The number of aryl methyl sites for hydroxylation is 2. The monoisotopic (exact) mass is 425 g/mol. The Bertz CT molecular complexity index is 940. The quantitative estimate of drug-likeness (QED) is 0.747. The van der Waals surface area contributed by atoms with Crippen LogP contribution in [0.15, 0.2) is 26.2 Å². The van der Waals surface area contributed by atoms with Gasteiger partial charge in [0.2, 0.25) is 10.0 Å². The van der Waals surface area contributed by atoms with Crippen LogP contribution in [0.4, 0.5) is 0 Å². The van der Waals surface area contributed by atoms with Crippen LogP contribution in [0.2, 0.25) is 0 Å². The number of hydrogen-bond donors (Lipinski definition) is 0. The van der Waals surface area contributed by atoms with Crippen LogP contribution in [0, 0.1) is 13.8 Å². The van der Waals surface area contributed by atoms with Crippen LogP contribution in [-0.4, -0.2) is 67.1 Å². The summed E-state index contributed by atoms with van der Waals surface area (Å²) in [6, 6.07) is 1.83. The molecule has 0 aromatic carbocycles. The van der Waals surface area contributed by atoms with Crippen molar-refractivity contribution in [1.82, 2.24) is 14.4 Å². The maximum Gasteiger partial charge on any atom is 0.254 e. The third-order valence-corrected chi connectivity index (χ3v) is 8.28. The zero-order valence-corrected chi connectivity index (χ0v) is 17.5. The first-order chi connectivity index (χ1) is 13.3. The number of carbonyl (C=O) groups is 1. The molecule has 4 rings (SSSR count). The second kappa shape index (κ2) is 7.25. The van der Waals surface area contributed by atoms with E-state index in [9.17, 15) is 13.2 Å². The number of morpholine rings is 1. The van der Waals surface area contributed by atoms with E-state index in [4.69, 9.17) is 9.26 Å². The normalized spacial score (nSPS) is 20.6. The number of carbonyl (C=O) groups excluding carboxylic acids is 1. The molecule has 2 saturated heterocycles. The largest absolute Gasteiger partial charge is 0.372 e. The first-order valence-corrected chi connectivity index (χ1v) is 11.6. The molecule has 2 aliphatic rings. The maximum absolute atomic E-state index is 13.2. The van der Waals surface area contributed by atoms with Crippen LogP contribution in [0.5, 0.6) is 0 Å². The van der Waals surface area contributed by atoms with Gasteiger partial charge in [0.15, 0.2) is 5.76 Å². The second-order valence-electron chi connectivity index (χ2n) is 7.33. The summed E-state index contributed by atoms with van der Waals surface area (Å²) in [5.74, 6) is 0.321. The van der Waals surface area contributed by atoms with Crippen molar-refractivity contribution in [2.75, 3.05) is 32.8 Å². The molecule has 2 aliphatic heterocycles. The van der Waals surface area contributed by atoms with Gasteiger partial charge in [-0.3, -0.25) is 4.79 Å². The van der Waals surface area contributed by atoms with Crippen molar-refractivity contribution >= 4 is 27.3 Å². The van der Waals surface area contributed by atoms with Gasteiger partial charge in [0.25, 0.3) is 5.91 Å². The van der Waals surface area contributed by atoms with E-state index < -0.39 is 15.6 Å². The highest BCUT2D eigenvalue weighted by Crippen LogP contribution is 2.34. The fraction of sp³-hybridized carbons (Fsp3) is 0.556. The summed E-state index contributed by atoms with van der Waals surface area (Å²) in [6.07, 6.45) is 1.22. The zero-order chi connectivity index (χ0) is 19.9. The van der Waals surface area contributed by atoms with Crippen molar-refractivity contribution < 1.29 is 22.5 Å². The predicted molar refractivity (Wildman–Crippen MR) is 103 cm³/mol. The van der Waals surface area contributed by atoms with Gasteiger partial charge in [0.1, 0.15) is 10.6 Å². The average molecular weight is 426 g/mol. The lowest BCUT2D eigenvalue weighted by Gasteiger charge is -2.46. The highest BCUT2D eigenvalue weighted by molar-refractivity contribution is 7.89. The number of sulfonamides is 1. The number of thiophene rings is 1. The summed E-state index contributed by atoms with van der Waals surface area (Å²) in [5, 5.41) is 7.52. The Kier molecular flexibility index (Phi) is 5.07. The number of piperidine rings is 1. The molecular weight excluding hydrogens is 402 g/mol. The molecule has 4 heterocycles. The topological polar surface area (TPSA) is 92.9 Å². The minimum Gasteiger partial charge on any atom is -0.372 e. The lowest BCUT2D eigenvalue weighted by Crippen LogP contribution is -2.58. The average Bonchev–Trinajstić information content (AvgIpc) is 3.32. The fourth-order valence-corrected chi connectivity index (χ4v) is 6.39. The van der Waals surface area contributed by atoms with Crippen molar-refractivity contribution in [1.29, 1.82) is 0 Å². The number of aromatic nitrogens is 1. The number of ether oxygens (including phenoxy) is 1. The van der Waals surface area contributed by atoms with E-state index in [0.717, 1.165) is 0 Å². The molecule has 0 bridgehead atoms. The standard InChI is InChI=1S/C18H23N3O5S2/c1-13-16(14(2)26-19-13)28(23,24)21-8-9-25-18(12-21)4-6-20(7-5-18)17(22)15-3-10-27-11-15/h3,10-11H,4-9,12H2,1-2H3. The summed E-state index contributed by atoms with van der Waals surface area (Å²) < 4.78 is 38.9. The van der Waals surface area contributed by atoms with Crippen LogP contribution in [0.25, 0.3) is 0 Å². The summed E-state index contributed by atoms with van der Waals surface area (Å²) in [5.41, 5.74) is 0.512. The van der Waals surface area contributed by atoms with E-state index in [-0.39, 0.29) is 17.3 Å². The molecule has 0 radical (unpaired) electrons. The SMILES string of the molecule is Cc1noc(C)c1S(=O)(=O)N1CCOC2(CCN(C(=O)c3ccsc3)CC2)C1. The highest BCUT2D eigenvalue weighted by atomic mass is 32.2. The molecule has 0 unspecified atom stereocenters. The molecule has 0 aliphatic carbocycles. The van der Waals surface area contributed by atoms with Gasteiger partial charge < -0.3 is 14.2 Å². The number of rotatable bonds is 3. The lowest BCUT2D eigenvalue weighted by molar-refractivity contribution is -0.115. The van der Waals surface area contributed by atoms with Crippen molar-refractivity contribution in [2.24, 2.45) is 0 Å². The number of amides is 1. The van der Waals surface area contributed by atoms with Crippen LogP contribution in [0.3, 0.4) is 0 Å². The van der Waals surface area contributed by atoms with Crippen molar-refractivity contribution in [3.8, 4) is 0 Å². The molecule has 2 fully saturated rings. The predicted octanol–water partition coefficient (Wildman–Crippen LogP) is 2.05. The molecule has 1 amide bonds. The maximum atomic E-state index is 13.2. The van der Waals surface area contributed by atoms with Gasteiger partial charge in [-0.15, -0.1) is 0 Å². The molecule has 28 heavy (non-hydrogen) atoms. The second-order valence-corrected chi connectivity index (χ2v) is 9.98. The molecule has 0 N–H and O–H groups in total. The zero-order valence-electron chi connectivity index (χ0n) is 15.9. The Morgan fingerprint density at radius 1 is 1.25 bits per heavy atom. The molecule has 10 heteroatoms. The summed E-state index contributed by atoms with van der Waals surface area (Å²) >= 11 is 1.50. The smallest absolute Gasteiger partial charge is 0.254 e. The first kappa shape index (κ1) is 19.6. The van der Waals surface area contributed by atoms with Crippen molar-refractivity contribution in [2.45, 2.75) is 37.2 Å². The van der Waals surface area contributed by atoms with E-state index in [1.807, 2.05) is 21.7 Å². The lowest BCUT2D eigenvalue weighted by atomic mass is 9.90. The van der Waals surface area contributed by atoms with Crippen LogP contribution in [-0.2, 0) is 14.8 Å². The number of likely N-dealkylation sites (tertiary alicyclic amines) is 1. The third-order valence-electron chi connectivity index (χ3n) is 5.51. The molecule has 0 atom stereocenters. The molecule has 2 aromatic heterocycles. The summed E-state index contributed by atoms with van der Waals surface area (Å²) in [7, 11) is -3.70. The fourth-order valence-electron chi connectivity index (χ4n) is 3.98. The first-order valence-electron chi connectivity index (χ1n) is 9.21. The van der Waals surface area contributed by atoms with Gasteiger partial charge in [-0.2, -0.15) is 15.6 Å². The van der Waals surface area contributed by atoms with Gasteiger partial charge >= 0.3 is 0 Å². The molecule has 8 nitrogen and oxygen atoms in total. The Morgan fingerprint density at radius 3 is 2.61 bits per heavy atom. The molecule has 152 valence electrons. The summed E-state index contributed by atoms with van der Waals surface area (Å²) in [6.45, 7) is 5.25. The van der Waals surface area contributed by atoms with Crippen molar-refractivity contribution in [3.63, 3.8) is 0 Å². The van der Waals surface area contributed by atoms with Crippen LogP contribution >= 0.6 is 11.3 Å². The highest BCUT2D eigenvalue weighted by Gasteiger charge is 2.45. The van der Waals surface area contributed by atoms with E-state index in [2.05, 4.69) is 5.16 Å². The molecular formula is C18H23N3O5S2. The number of hydrogen-bond acceptors (Lipinski definition) is 7. The van der Waals surface area contributed by atoms with Gasteiger partial charge in [0, 0.05) is 31.6 Å². The van der Waals surface area contributed by atoms with Gasteiger partial charge in [-0.1, -0.05) is 5.16 Å². The molecule has 1 spiro atoms. The molecule has 0 saturated carbocycles. The molecule has 2 aromatic rings. The Balaban J connectivity index is 1.48. The van der Waals surface area contributed by atoms with Crippen LogP contribution in [0.1, 0.15) is 34.7 Å². The van der Waals surface area contributed by atoms with Crippen molar-refractivity contribution in [3.05, 3.63) is 33.8 Å². The number of nitrogens with zero attached hydrogens (tertiary/aromatic N) is 3. The Hall–Kier alpha value is -1.75. The van der Waals surface area contributed by atoms with E-state index in [1.54, 1.807) is 13.8 Å².